The number of nitrogens with one attached hydrogen (secondary N) is 1. The first-order chi connectivity index (χ1) is 10.3. The zero-order valence-corrected chi connectivity index (χ0v) is 12.0. The Bertz CT molecular complexity index is 669. The van der Waals surface area contributed by atoms with Crippen LogP contribution in [0.3, 0.4) is 0 Å². The van der Waals surface area contributed by atoms with Gasteiger partial charge in [-0.15, -0.1) is 0 Å². The van der Waals surface area contributed by atoms with Gasteiger partial charge in [0.15, 0.2) is 0 Å². The van der Waals surface area contributed by atoms with E-state index in [1.807, 2.05) is 40.0 Å². The molecular weight excluding hydrogens is 264 g/mol. The Morgan fingerprint density at radius 2 is 2.19 bits per heavy atom. The molecule has 1 N–H and O–H groups in total. The summed E-state index contributed by atoms with van der Waals surface area (Å²) < 4.78 is 3.84. The maximum absolute atomic E-state index is 4.41. The van der Waals surface area contributed by atoms with Crippen LogP contribution in [0.1, 0.15) is 18.9 Å². The lowest BCUT2D eigenvalue weighted by molar-refractivity contribution is 0.602. The van der Waals surface area contributed by atoms with E-state index in [1.54, 1.807) is 12.5 Å². The third kappa shape index (κ3) is 3.28. The van der Waals surface area contributed by atoms with Crippen molar-refractivity contribution >= 4 is 5.69 Å². The molecule has 0 spiro atoms. The predicted molar refractivity (Wildman–Crippen MR) is 81.2 cm³/mol. The van der Waals surface area contributed by atoms with Gasteiger partial charge in [0.25, 0.3) is 0 Å². The minimum Gasteiger partial charge on any atom is -0.380 e. The second-order valence-electron chi connectivity index (χ2n) is 4.84. The first kappa shape index (κ1) is 13.4. The highest BCUT2D eigenvalue weighted by atomic mass is 15.3. The molecule has 0 saturated carbocycles. The standard InChI is InChI=1S/C15H18N6/c1-2-6-21-11-13(9-19-21)8-17-14-3-4-15(18-10-14)20-7-5-16-12-20/h3-5,7,9-12,17H,2,6,8H2,1H3. The molecule has 0 aromatic carbocycles. The van der Waals surface area contributed by atoms with Crippen LogP contribution in [0.5, 0.6) is 0 Å². The number of nitrogens with zero attached hydrogens (tertiary/aromatic N) is 5. The molecule has 0 amide bonds. The van der Waals surface area contributed by atoms with Crippen molar-refractivity contribution in [2.75, 3.05) is 5.32 Å². The summed E-state index contributed by atoms with van der Waals surface area (Å²) in [5, 5.41) is 7.67. The Hall–Kier alpha value is -2.63. The van der Waals surface area contributed by atoms with Crippen molar-refractivity contribution in [3.05, 3.63) is 55.0 Å². The molecule has 0 aliphatic rings. The fourth-order valence-corrected chi connectivity index (χ4v) is 2.09. The molecule has 0 unspecified atom stereocenters. The molecule has 3 heterocycles. The van der Waals surface area contributed by atoms with Crippen LogP contribution in [-0.2, 0) is 13.1 Å². The lowest BCUT2D eigenvalue weighted by Gasteiger charge is -2.06. The van der Waals surface area contributed by atoms with Crippen LogP contribution in [0.2, 0.25) is 0 Å². The van der Waals surface area contributed by atoms with Gasteiger partial charge in [0.1, 0.15) is 12.1 Å². The van der Waals surface area contributed by atoms with Crippen molar-refractivity contribution in [2.45, 2.75) is 26.4 Å². The summed E-state index contributed by atoms with van der Waals surface area (Å²) in [5.41, 5.74) is 2.16. The molecule has 108 valence electrons. The van der Waals surface area contributed by atoms with Crippen LogP contribution in [-0.4, -0.2) is 24.3 Å². The van der Waals surface area contributed by atoms with Crippen molar-refractivity contribution in [2.24, 2.45) is 0 Å². The highest BCUT2D eigenvalue weighted by Crippen LogP contribution is 2.11. The molecule has 0 fully saturated rings. The average molecular weight is 282 g/mol. The van der Waals surface area contributed by atoms with Crippen LogP contribution in [0.25, 0.3) is 5.82 Å². The number of aromatic nitrogens is 5. The van der Waals surface area contributed by atoms with E-state index in [9.17, 15) is 0 Å². The first-order valence-electron chi connectivity index (χ1n) is 7.05. The van der Waals surface area contributed by atoms with E-state index in [-0.39, 0.29) is 0 Å². The maximum atomic E-state index is 4.41. The summed E-state index contributed by atoms with van der Waals surface area (Å²) >= 11 is 0. The Labute approximate surface area is 123 Å². The van der Waals surface area contributed by atoms with E-state index < -0.39 is 0 Å². The summed E-state index contributed by atoms with van der Waals surface area (Å²) in [4.78, 5) is 8.42. The Balaban J connectivity index is 1.60. The molecule has 6 nitrogen and oxygen atoms in total. The van der Waals surface area contributed by atoms with Gasteiger partial charge in [-0.2, -0.15) is 5.10 Å². The van der Waals surface area contributed by atoms with Crippen molar-refractivity contribution in [1.29, 1.82) is 0 Å². The first-order valence-corrected chi connectivity index (χ1v) is 7.05. The molecule has 3 aromatic heterocycles. The quantitative estimate of drug-likeness (QED) is 0.754. The van der Waals surface area contributed by atoms with Crippen LogP contribution >= 0.6 is 0 Å². The van der Waals surface area contributed by atoms with Crippen LogP contribution in [0, 0.1) is 0 Å². The smallest absolute Gasteiger partial charge is 0.137 e. The number of anilines is 1. The normalized spacial score (nSPS) is 10.7. The molecule has 0 aliphatic heterocycles. The van der Waals surface area contributed by atoms with E-state index >= 15 is 0 Å². The van der Waals surface area contributed by atoms with Crippen LogP contribution < -0.4 is 5.32 Å². The summed E-state index contributed by atoms with van der Waals surface area (Å²) in [7, 11) is 0. The lowest BCUT2D eigenvalue weighted by atomic mass is 10.3. The molecule has 21 heavy (non-hydrogen) atoms. The van der Waals surface area contributed by atoms with Crippen molar-refractivity contribution in [1.82, 2.24) is 24.3 Å². The zero-order chi connectivity index (χ0) is 14.5. The van der Waals surface area contributed by atoms with Crippen molar-refractivity contribution < 1.29 is 0 Å². The van der Waals surface area contributed by atoms with E-state index in [2.05, 4.69) is 33.5 Å². The monoisotopic (exact) mass is 282 g/mol. The second-order valence-corrected chi connectivity index (χ2v) is 4.84. The highest BCUT2D eigenvalue weighted by Gasteiger charge is 2.00. The van der Waals surface area contributed by atoms with Gasteiger partial charge in [0, 0.05) is 37.2 Å². The minimum absolute atomic E-state index is 0.746. The van der Waals surface area contributed by atoms with E-state index in [1.165, 1.54) is 5.56 Å². The van der Waals surface area contributed by atoms with Crippen LogP contribution in [0.4, 0.5) is 5.69 Å². The van der Waals surface area contributed by atoms with Crippen molar-refractivity contribution in [3.63, 3.8) is 0 Å². The Kier molecular flexibility index (Phi) is 3.95. The van der Waals surface area contributed by atoms with Gasteiger partial charge in [-0.1, -0.05) is 6.92 Å². The number of pyridine rings is 1. The van der Waals surface area contributed by atoms with Gasteiger partial charge in [-0.05, 0) is 18.6 Å². The van der Waals surface area contributed by atoms with Gasteiger partial charge < -0.3 is 5.32 Å². The molecule has 0 atom stereocenters. The van der Waals surface area contributed by atoms with E-state index in [4.69, 9.17) is 0 Å². The molecule has 0 saturated heterocycles. The van der Waals surface area contributed by atoms with E-state index in [0.717, 1.165) is 31.0 Å². The fraction of sp³-hybridized carbons (Fsp3) is 0.267. The van der Waals surface area contributed by atoms with Gasteiger partial charge in [-0.3, -0.25) is 9.25 Å². The summed E-state index contributed by atoms with van der Waals surface area (Å²) in [5.74, 6) is 0.855. The average Bonchev–Trinajstić information content (AvgIpc) is 3.18. The Morgan fingerprint density at radius 3 is 2.90 bits per heavy atom. The zero-order valence-electron chi connectivity index (χ0n) is 12.0. The molecule has 6 heteroatoms. The third-order valence-corrected chi connectivity index (χ3v) is 3.15. The Morgan fingerprint density at radius 1 is 1.24 bits per heavy atom. The third-order valence-electron chi connectivity index (χ3n) is 3.15. The summed E-state index contributed by atoms with van der Waals surface area (Å²) in [6.07, 6.45) is 12.2. The number of rotatable bonds is 6. The van der Waals surface area contributed by atoms with Gasteiger partial charge in [0.2, 0.25) is 0 Å². The second kappa shape index (κ2) is 6.21. The molecular formula is C15H18N6. The lowest BCUT2D eigenvalue weighted by Crippen LogP contribution is -2.01. The number of hydrogen-bond acceptors (Lipinski definition) is 4. The summed E-state index contributed by atoms with van der Waals surface area (Å²) in [6, 6.07) is 3.98. The van der Waals surface area contributed by atoms with Gasteiger partial charge in [0.05, 0.1) is 18.1 Å². The molecule has 0 aliphatic carbocycles. The molecule has 3 rings (SSSR count). The van der Waals surface area contributed by atoms with Gasteiger partial charge in [-0.25, -0.2) is 9.97 Å². The van der Waals surface area contributed by atoms with Crippen molar-refractivity contribution in [3.8, 4) is 5.82 Å². The SMILES string of the molecule is CCCn1cc(CNc2ccc(-n3ccnc3)nc2)cn1. The van der Waals surface area contributed by atoms with Gasteiger partial charge >= 0.3 is 0 Å². The van der Waals surface area contributed by atoms with E-state index in [0.29, 0.717) is 0 Å². The number of hydrogen-bond donors (Lipinski definition) is 1. The highest BCUT2D eigenvalue weighted by molar-refractivity contribution is 5.44. The van der Waals surface area contributed by atoms with Crippen LogP contribution in [0.15, 0.2) is 49.4 Å². The largest absolute Gasteiger partial charge is 0.380 e. The number of imidazole rings is 1. The minimum atomic E-state index is 0.746. The fourth-order valence-electron chi connectivity index (χ4n) is 2.09. The predicted octanol–water partition coefficient (Wildman–Crippen LogP) is 2.49. The maximum Gasteiger partial charge on any atom is 0.137 e. The molecule has 3 aromatic rings. The summed E-state index contributed by atoms with van der Waals surface area (Å²) in [6.45, 7) is 3.85. The molecule has 0 radical (unpaired) electrons. The molecule has 0 bridgehead atoms. The topological polar surface area (TPSA) is 60.6 Å². The number of aryl methyl sites for hydroxylation is 1.